The van der Waals surface area contributed by atoms with Gasteiger partial charge in [0.1, 0.15) is 0 Å². The summed E-state index contributed by atoms with van der Waals surface area (Å²) >= 11 is 9.29. The molecule has 0 radical (unpaired) electrons. The van der Waals surface area contributed by atoms with Crippen LogP contribution in [0.15, 0.2) is 30.5 Å². The van der Waals surface area contributed by atoms with Crippen molar-refractivity contribution in [3.63, 3.8) is 0 Å². The number of halogens is 3. The molecule has 0 saturated carbocycles. The molecule has 3 heterocycles. The fourth-order valence-corrected chi connectivity index (χ4v) is 4.62. The molecule has 1 atom stereocenters. The number of thiol groups is 1. The number of hydrogen-bond donors (Lipinski definition) is 0. The monoisotopic (exact) mass is 720 g/mol. The quantitative estimate of drug-likeness (QED) is 0.103. The minimum atomic E-state index is -0.568. The second-order valence-electron chi connectivity index (χ2n) is 6.03. The van der Waals surface area contributed by atoms with Gasteiger partial charge in [-0.1, -0.05) is 0 Å². The van der Waals surface area contributed by atoms with Crippen LogP contribution >= 0.6 is 37.4 Å². The fraction of sp³-hybridized carbons (Fsp3) is 0.111. The molecule has 1 aliphatic heterocycles. The first kappa shape index (κ1) is 25.4. The number of nitrogens with zero attached hydrogens (tertiary/aromatic N) is 3. The van der Waals surface area contributed by atoms with Crippen molar-refractivity contribution in [2.24, 2.45) is 0 Å². The first-order valence-electron chi connectivity index (χ1n) is 8.00. The van der Waals surface area contributed by atoms with E-state index in [1.165, 1.54) is 18.2 Å². The van der Waals surface area contributed by atoms with Crippen molar-refractivity contribution in [3.8, 4) is 5.75 Å². The first-order valence-corrected chi connectivity index (χ1v) is 11.3. The van der Waals surface area contributed by atoms with Crippen molar-refractivity contribution < 1.29 is 16.7 Å². The summed E-state index contributed by atoms with van der Waals surface area (Å²) < 4.78 is 19.0. The maximum Gasteiger partial charge on any atom is -0.153 e. The number of rotatable bonds is 4. The number of amides is 2. The van der Waals surface area contributed by atoms with Crippen molar-refractivity contribution in [1.82, 2.24) is 14.9 Å². The zero-order chi connectivity index (χ0) is 20.0. The number of pyridine rings is 2. The third-order valence-corrected chi connectivity index (χ3v) is 6.21. The molecule has 154 valence electrons. The molecule has 4 rings (SSSR count). The molecule has 2 amide bonds. The van der Waals surface area contributed by atoms with Gasteiger partial charge < -0.3 is 13.5 Å². The van der Waals surface area contributed by atoms with Crippen LogP contribution in [0.25, 0.3) is 11.0 Å². The molecule has 0 N–H and O–H groups in total. The van der Waals surface area contributed by atoms with Gasteiger partial charge in [0.2, 0.25) is 0 Å². The molecule has 0 spiro atoms. The van der Waals surface area contributed by atoms with Crippen LogP contribution in [0.5, 0.6) is 5.75 Å². The van der Waals surface area contributed by atoms with Crippen molar-refractivity contribution in [3.05, 3.63) is 63.7 Å². The molecule has 3 aromatic rings. The number of benzene rings is 1. The Balaban J connectivity index is 0.00000160. The van der Waals surface area contributed by atoms with Gasteiger partial charge in [0.15, 0.2) is 0 Å². The van der Waals surface area contributed by atoms with E-state index in [4.69, 9.17) is 14.3 Å². The molecule has 0 aliphatic carbocycles. The van der Waals surface area contributed by atoms with Crippen molar-refractivity contribution in [2.75, 3.05) is 0 Å². The first-order chi connectivity index (χ1) is 13.5. The standard InChI is InChI=1S/C18H10BrClFN3O3.H3P.H2S.Tl/c19-6-9-3-4-22-15-13(9)23-14-12(16(15)25)17(26)24(18(14)27)7-8-1-2-11(21)10(20)5-8;;;/h1-5H,6-7H2,(H,23,25);1H3;1H2;/q;;;+1/p-2. The third kappa shape index (κ3) is 4.23. The van der Waals surface area contributed by atoms with E-state index < -0.39 is 17.6 Å². The van der Waals surface area contributed by atoms with Gasteiger partial charge in [-0.15, -0.1) is 0 Å². The Morgan fingerprint density at radius 1 is 1.20 bits per heavy atom. The van der Waals surface area contributed by atoms with Crippen LogP contribution in [0.3, 0.4) is 0 Å². The van der Waals surface area contributed by atoms with Crippen molar-refractivity contribution in [2.45, 2.75) is 11.9 Å². The van der Waals surface area contributed by atoms with Gasteiger partial charge in [-0.05, 0) is 0 Å². The number of carbonyl (C=O) groups is 2. The second kappa shape index (κ2) is 10.2. The Labute approximate surface area is 211 Å². The summed E-state index contributed by atoms with van der Waals surface area (Å²) in [6.07, 6.45) is 1.61. The van der Waals surface area contributed by atoms with Crippen LogP contribution in [0.1, 0.15) is 32.0 Å². The number of carbonyl (C=O) groups excluding carboxylic acids is 2. The summed E-state index contributed by atoms with van der Waals surface area (Å²) in [5.41, 5.74) is 2.48. The van der Waals surface area contributed by atoms with E-state index in [-0.39, 0.29) is 78.2 Å². The Kier molecular flexibility index (Phi) is 8.60. The molecule has 0 bridgehead atoms. The van der Waals surface area contributed by atoms with Crippen LogP contribution in [-0.4, -0.2) is 52.9 Å². The molecule has 0 saturated heterocycles. The number of alkyl halides is 1. The van der Waals surface area contributed by atoms with Gasteiger partial charge in [0, 0.05) is 0 Å². The van der Waals surface area contributed by atoms with Gasteiger partial charge >= 0.3 is 189 Å². The summed E-state index contributed by atoms with van der Waals surface area (Å²) in [6.45, 7) is -0.0496. The van der Waals surface area contributed by atoms with Crippen LogP contribution in [0, 0.1) is 5.82 Å². The SMILES string of the molecule is O=C1c2nc3c(CBr)ccnc3c([O][Tl])c2C(=O)N1Cc1ccc(F)c(Cl)c1.P.[SH-]. The second-order valence-corrected chi connectivity index (χ2v) is 7.91. The van der Waals surface area contributed by atoms with E-state index >= 15 is 0 Å². The Morgan fingerprint density at radius 2 is 1.93 bits per heavy atom. The minimum absolute atomic E-state index is 0. The topological polar surface area (TPSA) is 72.4 Å². The van der Waals surface area contributed by atoms with Gasteiger partial charge in [-0.3, -0.25) is 0 Å². The zero-order valence-electron chi connectivity index (χ0n) is 15.2. The van der Waals surface area contributed by atoms with E-state index in [2.05, 4.69) is 25.9 Å². The van der Waals surface area contributed by atoms with E-state index in [1.807, 2.05) is 0 Å². The summed E-state index contributed by atoms with van der Waals surface area (Å²) in [6, 6.07) is 5.85. The molecule has 6 nitrogen and oxygen atoms in total. The predicted molar refractivity (Wildman–Crippen MR) is 124 cm³/mol. The predicted octanol–water partition coefficient (Wildman–Crippen LogP) is 3.36. The summed E-state index contributed by atoms with van der Waals surface area (Å²) in [4.78, 5) is 35.7. The Bertz CT molecular complexity index is 1170. The van der Waals surface area contributed by atoms with Crippen LogP contribution in [0.4, 0.5) is 4.39 Å². The molecule has 2 aromatic heterocycles. The number of imide groups is 1. The van der Waals surface area contributed by atoms with E-state index in [0.717, 1.165) is 10.5 Å². The summed E-state index contributed by atoms with van der Waals surface area (Å²) in [5, 5.41) is 0.439. The minimum Gasteiger partial charge on any atom is -0.813 e. The van der Waals surface area contributed by atoms with Gasteiger partial charge in [-0.2, -0.15) is 9.90 Å². The van der Waals surface area contributed by atoms with E-state index in [9.17, 15) is 14.0 Å². The molecule has 1 aliphatic rings. The maximum atomic E-state index is 13.4. The van der Waals surface area contributed by atoms with Crippen molar-refractivity contribution in [1.29, 1.82) is 0 Å². The Hall–Kier alpha value is -0.878. The molecule has 30 heavy (non-hydrogen) atoms. The fourth-order valence-electron chi connectivity index (χ4n) is 3.07. The maximum absolute atomic E-state index is 13.4. The number of fused-ring (bicyclic) bond motifs is 2. The smallest absolute Gasteiger partial charge is 0.153 e. The molecule has 1 unspecified atom stereocenters. The molecular weight excluding hydrogens is 708 g/mol. The van der Waals surface area contributed by atoms with Gasteiger partial charge in [-0.25, -0.2) is 0 Å². The molecule has 0 fully saturated rings. The average Bonchev–Trinajstić information content (AvgIpc) is 2.93. The van der Waals surface area contributed by atoms with E-state index in [1.54, 1.807) is 12.3 Å². The molecule has 12 heteroatoms. The normalized spacial score (nSPS) is 12.4. The van der Waals surface area contributed by atoms with Crippen LogP contribution < -0.4 is 2.69 Å². The summed E-state index contributed by atoms with van der Waals surface area (Å²) in [7, 11) is 0. The van der Waals surface area contributed by atoms with Crippen LogP contribution in [0.2, 0.25) is 5.02 Å². The Morgan fingerprint density at radius 3 is 2.57 bits per heavy atom. The average molecular weight is 721 g/mol. The summed E-state index contributed by atoms with van der Waals surface area (Å²) in [5.74, 6) is -1.33. The molecule has 1 aromatic carbocycles. The molecular formula is C18H13BrClFN3O3PSTl-. The zero-order valence-corrected chi connectivity index (χ0v) is 24.4. The van der Waals surface area contributed by atoms with Crippen LogP contribution in [-0.2, 0) is 25.4 Å². The van der Waals surface area contributed by atoms with E-state index in [0.29, 0.717) is 21.9 Å². The van der Waals surface area contributed by atoms with Crippen molar-refractivity contribution >= 4 is 100.0 Å². The number of aromatic nitrogens is 2. The van der Waals surface area contributed by atoms with Gasteiger partial charge in [0.05, 0.1) is 0 Å². The largest absolute Gasteiger partial charge is 0.813 e. The van der Waals surface area contributed by atoms with Gasteiger partial charge in [0.25, 0.3) is 0 Å². The number of hydrogen-bond acceptors (Lipinski definition) is 6. The third-order valence-electron chi connectivity index (χ3n) is 4.40.